The van der Waals surface area contributed by atoms with Gasteiger partial charge in [0.25, 0.3) is 5.91 Å². The minimum atomic E-state index is -0.506. The molecule has 1 heterocycles. The average molecular weight is 478 g/mol. The molecule has 0 aliphatic carbocycles. The van der Waals surface area contributed by atoms with Gasteiger partial charge in [-0.1, -0.05) is 35.3 Å². The van der Waals surface area contributed by atoms with Gasteiger partial charge in [-0.05, 0) is 61.7 Å². The molecule has 31 heavy (non-hydrogen) atoms. The van der Waals surface area contributed by atoms with Gasteiger partial charge in [0.05, 0.1) is 6.61 Å². The van der Waals surface area contributed by atoms with E-state index in [0.717, 1.165) is 16.7 Å². The Hall–Kier alpha value is -2.54. The summed E-state index contributed by atoms with van der Waals surface area (Å²) < 4.78 is 10.8. The quantitative estimate of drug-likeness (QED) is 0.392. The van der Waals surface area contributed by atoms with Crippen LogP contribution in [0.2, 0.25) is 10.0 Å². The third-order valence-corrected chi connectivity index (χ3v) is 6.20. The number of benzene rings is 2. The maximum absolute atomic E-state index is 12.6. The molecule has 0 radical (unpaired) electrons. The van der Waals surface area contributed by atoms with Crippen molar-refractivity contribution in [3.8, 4) is 16.9 Å². The van der Waals surface area contributed by atoms with E-state index in [2.05, 4.69) is 5.32 Å². The van der Waals surface area contributed by atoms with E-state index in [1.54, 1.807) is 36.6 Å². The second kappa shape index (κ2) is 10.2. The molecule has 162 valence electrons. The maximum Gasteiger partial charge on any atom is 0.341 e. The average Bonchev–Trinajstić information content (AvgIpc) is 3.14. The van der Waals surface area contributed by atoms with E-state index < -0.39 is 5.97 Å². The molecule has 5 nitrogen and oxygen atoms in total. The third-order valence-electron chi connectivity index (χ3n) is 4.46. The zero-order valence-electron chi connectivity index (χ0n) is 17.3. The lowest BCUT2D eigenvalue weighted by molar-refractivity contribution is -0.118. The molecule has 1 aromatic heterocycles. The minimum absolute atomic E-state index is 0.211. The van der Waals surface area contributed by atoms with Crippen LogP contribution in [-0.2, 0) is 9.53 Å². The van der Waals surface area contributed by atoms with Crippen molar-refractivity contribution < 1.29 is 19.1 Å². The molecule has 3 aromatic rings. The smallest absolute Gasteiger partial charge is 0.341 e. The van der Waals surface area contributed by atoms with Crippen LogP contribution in [-0.4, -0.2) is 25.1 Å². The van der Waals surface area contributed by atoms with Gasteiger partial charge in [-0.2, -0.15) is 0 Å². The van der Waals surface area contributed by atoms with Crippen molar-refractivity contribution in [3.63, 3.8) is 0 Å². The van der Waals surface area contributed by atoms with E-state index in [4.69, 9.17) is 32.7 Å². The topological polar surface area (TPSA) is 64.6 Å². The first-order valence-electron chi connectivity index (χ1n) is 9.54. The van der Waals surface area contributed by atoms with Gasteiger partial charge in [0.2, 0.25) is 0 Å². The third kappa shape index (κ3) is 5.58. The van der Waals surface area contributed by atoms with Crippen LogP contribution in [0.4, 0.5) is 5.00 Å². The van der Waals surface area contributed by atoms with Gasteiger partial charge in [-0.25, -0.2) is 4.79 Å². The molecule has 1 amide bonds. The number of esters is 1. The number of amides is 1. The Morgan fingerprint density at radius 3 is 2.32 bits per heavy atom. The van der Waals surface area contributed by atoms with Crippen LogP contribution in [0, 0.1) is 13.8 Å². The first-order chi connectivity index (χ1) is 14.8. The largest absolute Gasteiger partial charge is 0.484 e. The number of hydrogen-bond acceptors (Lipinski definition) is 5. The number of aryl methyl sites for hydroxylation is 2. The lowest BCUT2D eigenvalue weighted by Gasteiger charge is -2.11. The fourth-order valence-corrected chi connectivity index (χ4v) is 4.21. The van der Waals surface area contributed by atoms with Crippen LogP contribution in [0.25, 0.3) is 11.1 Å². The molecule has 0 saturated carbocycles. The number of nitrogens with one attached hydrogen (secondary N) is 1. The van der Waals surface area contributed by atoms with Crippen molar-refractivity contribution in [2.75, 3.05) is 18.5 Å². The SMILES string of the molecule is CCOC(=O)c1c(-c2ccc(Cl)cc2)csc1NC(=O)COc1cc(C)c(Cl)c(C)c1. The van der Waals surface area contributed by atoms with Gasteiger partial charge in [-0.3, -0.25) is 4.79 Å². The molecule has 0 aliphatic rings. The van der Waals surface area contributed by atoms with E-state index in [-0.39, 0.29) is 19.1 Å². The molecule has 1 N–H and O–H groups in total. The van der Waals surface area contributed by atoms with Gasteiger partial charge >= 0.3 is 5.97 Å². The van der Waals surface area contributed by atoms with Crippen LogP contribution >= 0.6 is 34.5 Å². The fourth-order valence-electron chi connectivity index (χ4n) is 3.00. The number of halogens is 2. The summed E-state index contributed by atoms with van der Waals surface area (Å²) in [5.74, 6) is -0.345. The second-order valence-electron chi connectivity index (χ2n) is 6.79. The highest BCUT2D eigenvalue weighted by atomic mass is 35.5. The Morgan fingerprint density at radius 1 is 1.06 bits per heavy atom. The van der Waals surface area contributed by atoms with Crippen molar-refractivity contribution in [1.82, 2.24) is 0 Å². The van der Waals surface area contributed by atoms with Crippen molar-refractivity contribution in [2.24, 2.45) is 0 Å². The molecule has 0 bridgehead atoms. The standard InChI is InChI=1S/C23H21Cl2NO4S/c1-4-29-23(28)20-18(15-5-7-16(24)8-6-15)12-31-22(20)26-19(27)11-30-17-9-13(2)21(25)14(3)10-17/h5-10,12H,4,11H2,1-3H3,(H,26,27). The van der Waals surface area contributed by atoms with Gasteiger partial charge < -0.3 is 14.8 Å². The van der Waals surface area contributed by atoms with E-state index in [9.17, 15) is 9.59 Å². The summed E-state index contributed by atoms with van der Waals surface area (Å²) >= 11 is 13.4. The molecular weight excluding hydrogens is 457 g/mol. The molecule has 8 heteroatoms. The Balaban J connectivity index is 1.79. The lowest BCUT2D eigenvalue weighted by Crippen LogP contribution is -2.21. The zero-order chi connectivity index (χ0) is 22.5. The van der Waals surface area contributed by atoms with Crippen molar-refractivity contribution in [2.45, 2.75) is 20.8 Å². The molecule has 0 saturated heterocycles. The highest BCUT2D eigenvalue weighted by molar-refractivity contribution is 7.15. The minimum Gasteiger partial charge on any atom is -0.484 e. The molecule has 0 fully saturated rings. The Morgan fingerprint density at radius 2 is 1.71 bits per heavy atom. The molecule has 2 aromatic carbocycles. The molecule has 0 aliphatic heterocycles. The molecule has 0 unspecified atom stereocenters. The summed E-state index contributed by atoms with van der Waals surface area (Å²) in [7, 11) is 0. The first kappa shape index (κ1) is 23.1. The van der Waals surface area contributed by atoms with Crippen LogP contribution in [0.3, 0.4) is 0 Å². The van der Waals surface area contributed by atoms with Crippen LogP contribution < -0.4 is 10.1 Å². The van der Waals surface area contributed by atoms with Crippen molar-refractivity contribution in [3.05, 3.63) is 68.5 Å². The highest BCUT2D eigenvalue weighted by Gasteiger charge is 2.23. The number of thiophene rings is 1. The number of anilines is 1. The monoisotopic (exact) mass is 477 g/mol. The van der Waals surface area contributed by atoms with Crippen LogP contribution in [0.1, 0.15) is 28.4 Å². The lowest BCUT2D eigenvalue weighted by atomic mass is 10.0. The van der Waals surface area contributed by atoms with Crippen LogP contribution in [0.5, 0.6) is 5.75 Å². The molecule has 0 spiro atoms. The van der Waals surface area contributed by atoms with E-state index >= 15 is 0 Å². The summed E-state index contributed by atoms with van der Waals surface area (Å²) in [6, 6.07) is 10.7. The van der Waals surface area contributed by atoms with Crippen LogP contribution in [0.15, 0.2) is 41.8 Å². The maximum atomic E-state index is 12.6. The van der Waals surface area contributed by atoms with E-state index in [1.165, 1.54) is 11.3 Å². The molecule has 3 rings (SSSR count). The second-order valence-corrected chi connectivity index (χ2v) is 8.48. The van der Waals surface area contributed by atoms with Crippen molar-refractivity contribution >= 4 is 51.4 Å². The molecule has 0 atom stereocenters. The van der Waals surface area contributed by atoms with E-state index in [0.29, 0.717) is 31.9 Å². The highest BCUT2D eigenvalue weighted by Crippen LogP contribution is 2.36. The van der Waals surface area contributed by atoms with Gasteiger partial charge in [-0.15, -0.1) is 11.3 Å². The van der Waals surface area contributed by atoms with Gasteiger partial charge in [0.1, 0.15) is 16.3 Å². The zero-order valence-corrected chi connectivity index (χ0v) is 19.6. The Labute approximate surface area is 194 Å². The summed E-state index contributed by atoms with van der Waals surface area (Å²) in [5.41, 5.74) is 3.51. The number of ether oxygens (including phenoxy) is 2. The van der Waals surface area contributed by atoms with Gasteiger partial charge in [0, 0.05) is 21.0 Å². The summed E-state index contributed by atoms with van der Waals surface area (Å²) in [5, 5.41) is 6.23. The first-order valence-corrected chi connectivity index (χ1v) is 11.2. The molecular formula is C23H21Cl2NO4S. The normalized spacial score (nSPS) is 10.6. The number of rotatable bonds is 7. The number of hydrogen-bond donors (Lipinski definition) is 1. The number of carbonyl (C=O) groups is 2. The van der Waals surface area contributed by atoms with E-state index in [1.807, 2.05) is 26.0 Å². The number of carbonyl (C=O) groups excluding carboxylic acids is 2. The Bertz CT molecular complexity index is 1090. The Kier molecular flexibility index (Phi) is 7.59. The summed E-state index contributed by atoms with van der Waals surface area (Å²) in [6.07, 6.45) is 0. The van der Waals surface area contributed by atoms with Crippen molar-refractivity contribution in [1.29, 1.82) is 0 Å². The predicted molar refractivity (Wildman–Crippen MR) is 126 cm³/mol. The fraction of sp³-hybridized carbons (Fsp3) is 0.217. The summed E-state index contributed by atoms with van der Waals surface area (Å²) in [4.78, 5) is 25.1. The van der Waals surface area contributed by atoms with Gasteiger partial charge in [0.15, 0.2) is 6.61 Å². The summed E-state index contributed by atoms with van der Waals surface area (Å²) in [6.45, 7) is 5.49. The predicted octanol–water partition coefficient (Wildman–Crippen LogP) is 6.53.